The van der Waals surface area contributed by atoms with Crippen molar-refractivity contribution in [3.63, 3.8) is 0 Å². The van der Waals surface area contributed by atoms with Crippen LogP contribution in [0.3, 0.4) is 0 Å². The SMILES string of the molecule is Cc1ccc(C(=O)N2CSCC2C(=O)O)n1C. The van der Waals surface area contributed by atoms with Gasteiger partial charge in [0.2, 0.25) is 0 Å². The van der Waals surface area contributed by atoms with Gasteiger partial charge in [-0.15, -0.1) is 11.8 Å². The monoisotopic (exact) mass is 254 g/mol. The van der Waals surface area contributed by atoms with Crippen molar-refractivity contribution in [2.24, 2.45) is 7.05 Å². The zero-order valence-corrected chi connectivity index (χ0v) is 10.5. The van der Waals surface area contributed by atoms with Crippen LogP contribution < -0.4 is 0 Å². The fraction of sp³-hybridized carbons (Fsp3) is 0.455. The normalized spacial score (nSPS) is 19.6. The van der Waals surface area contributed by atoms with Crippen molar-refractivity contribution >= 4 is 23.6 Å². The van der Waals surface area contributed by atoms with Crippen LogP contribution in [0.4, 0.5) is 0 Å². The molecule has 1 aliphatic rings. The summed E-state index contributed by atoms with van der Waals surface area (Å²) in [6.45, 7) is 1.91. The molecule has 0 radical (unpaired) electrons. The van der Waals surface area contributed by atoms with Crippen LogP contribution in [0.2, 0.25) is 0 Å². The lowest BCUT2D eigenvalue weighted by atomic mass is 10.2. The number of aliphatic carboxylic acids is 1. The molecule has 0 spiro atoms. The number of carbonyl (C=O) groups excluding carboxylic acids is 1. The average Bonchev–Trinajstić information content (AvgIpc) is 2.87. The van der Waals surface area contributed by atoms with Crippen molar-refractivity contribution in [3.8, 4) is 0 Å². The molecule has 2 rings (SSSR count). The smallest absolute Gasteiger partial charge is 0.327 e. The van der Waals surface area contributed by atoms with Crippen LogP contribution in [0.5, 0.6) is 0 Å². The number of carboxylic acid groups (broad SMARTS) is 1. The maximum Gasteiger partial charge on any atom is 0.327 e. The molecular formula is C11H14N2O3S. The van der Waals surface area contributed by atoms with Gasteiger partial charge in [-0.25, -0.2) is 4.79 Å². The first-order valence-electron chi connectivity index (χ1n) is 5.26. The molecule has 1 aromatic rings. The van der Waals surface area contributed by atoms with Gasteiger partial charge in [0.25, 0.3) is 5.91 Å². The van der Waals surface area contributed by atoms with Gasteiger partial charge < -0.3 is 14.6 Å². The summed E-state index contributed by atoms with van der Waals surface area (Å²) in [5.74, 6) is -0.239. The molecule has 1 atom stereocenters. The average molecular weight is 254 g/mol. The van der Waals surface area contributed by atoms with E-state index in [0.29, 0.717) is 17.3 Å². The van der Waals surface area contributed by atoms with Crippen LogP contribution in [0.15, 0.2) is 12.1 Å². The molecule has 92 valence electrons. The van der Waals surface area contributed by atoms with Crippen LogP contribution in [-0.4, -0.2) is 44.1 Å². The van der Waals surface area contributed by atoms with E-state index in [-0.39, 0.29) is 5.91 Å². The Bertz CT molecular complexity index is 469. The third-order valence-corrected chi connectivity index (χ3v) is 4.03. The van der Waals surface area contributed by atoms with E-state index in [4.69, 9.17) is 5.11 Å². The first kappa shape index (κ1) is 12.0. The highest BCUT2D eigenvalue weighted by atomic mass is 32.2. The largest absolute Gasteiger partial charge is 0.480 e. The van der Waals surface area contributed by atoms with Crippen LogP contribution in [0, 0.1) is 6.92 Å². The van der Waals surface area contributed by atoms with Crippen molar-refractivity contribution in [2.75, 3.05) is 11.6 Å². The second-order valence-corrected chi connectivity index (χ2v) is 5.05. The molecule has 17 heavy (non-hydrogen) atoms. The Morgan fingerprint density at radius 3 is 2.71 bits per heavy atom. The van der Waals surface area contributed by atoms with E-state index in [1.807, 2.05) is 20.0 Å². The molecule has 1 unspecified atom stereocenters. The highest BCUT2D eigenvalue weighted by molar-refractivity contribution is 7.99. The number of aromatic nitrogens is 1. The molecule has 0 saturated carbocycles. The topological polar surface area (TPSA) is 62.5 Å². The lowest BCUT2D eigenvalue weighted by molar-refractivity contribution is -0.140. The molecular weight excluding hydrogens is 240 g/mol. The minimum absolute atomic E-state index is 0.210. The number of aryl methyl sites for hydroxylation is 1. The molecule has 1 N–H and O–H groups in total. The number of rotatable bonds is 2. The summed E-state index contributed by atoms with van der Waals surface area (Å²) in [7, 11) is 1.81. The molecule has 1 aliphatic heterocycles. The van der Waals surface area contributed by atoms with Gasteiger partial charge in [0.1, 0.15) is 11.7 Å². The molecule has 0 bridgehead atoms. The van der Waals surface area contributed by atoms with Gasteiger partial charge in [-0.1, -0.05) is 0 Å². The van der Waals surface area contributed by atoms with E-state index >= 15 is 0 Å². The van der Waals surface area contributed by atoms with Gasteiger partial charge in [0, 0.05) is 18.5 Å². The molecule has 1 aromatic heterocycles. The Hall–Kier alpha value is -1.43. The lowest BCUT2D eigenvalue weighted by Gasteiger charge is -2.20. The summed E-state index contributed by atoms with van der Waals surface area (Å²) in [6.07, 6.45) is 0. The van der Waals surface area contributed by atoms with Gasteiger partial charge >= 0.3 is 5.97 Å². The van der Waals surface area contributed by atoms with Gasteiger partial charge in [0.05, 0.1) is 5.88 Å². The lowest BCUT2D eigenvalue weighted by Crippen LogP contribution is -2.42. The Balaban J connectivity index is 2.26. The summed E-state index contributed by atoms with van der Waals surface area (Å²) in [5.41, 5.74) is 1.52. The molecule has 1 amide bonds. The summed E-state index contributed by atoms with van der Waals surface area (Å²) in [6, 6.07) is 2.88. The van der Waals surface area contributed by atoms with Crippen molar-refractivity contribution in [1.82, 2.24) is 9.47 Å². The fourth-order valence-electron chi connectivity index (χ4n) is 1.82. The van der Waals surface area contributed by atoms with Crippen molar-refractivity contribution in [3.05, 3.63) is 23.5 Å². The zero-order valence-electron chi connectivity index (χ0n) is 9.71. The molecule has 2 heterocycles. The number of amides is 1. The van der Waals surface area contributed by atoms with E-state index in [9.17, 15) is 9.59 Å². The van der Waals surface area contributed by atoms with Crippen LogP contribution in [0.1, 0.15) is 16.2 Å². The number of carbonyl (C=O) groups is 2. The van der Waals surface area contributed by atoms with Gasteiger partial charge in [-0.05, 0) is 19.1 Å². The first-order valence-corrected chi connectivity index (χ1v) is 6.41. The Labute approximate surface area is 103 Å². The van der Waals surface area contributed by atoms with E-state index in [1.54, 1.807) is 10.6 Å². The third-order valence-electron chi connectivity index (χ3n) is 3.02. The number of carboxylic acids is 1. The van der Waals surface area contributed by atoms with Gasteiger partial charge in [0.15, 0.2) is 0 Å². The van der Waals surface area contributed by atoms with Crippen molar-refractivity contribution < 1.29 is 14.7 Å². The van der Waals surface area contributed by atoms with E-state index in [0.717, 1.165) is 5.69 Å². The number of nitrogens with zero attached hydrogens (tertiary/aromatic N) is 2. The number of hydrogen-bond acceptors (Lipinski definition) is 3. The standard InChI is InChI=1S/C11H14N2O3S/c1-7-3-4-8(12(7)2)10(14)13-6-17-5-9(13)11(15)16/h3-4,9H,5-6H2,1-2H3,(H,15,16). The maximum absolute atomic E-state index is 12.2. The zero-order chi connectivity index (χ0) is 12.6. The predicted octanol–water partition coefficient (Wildman–Crippen LogP) is 0.933. The Morgan fingerprint density at radius 1 is 1.47 bits per heavy atom. The Kier molecular flexibility index (Phi) is 3.15. The quantitative estimate of drug-likeness (QED) is 0.853. The maximum atomic E-state index is 12.2. The fourth-order valence-corrected chi connectivity index (χ4v) is 2.97. The summed E-state index contributed by atoms with van der Waals surface area (Å²) >= 11 is 1.47. The first-order chi connectivity index (χ1) is 8.02. The van der Waals surface area contributed by atoms with E-state index < -0.39 is 12.0 Å². The van der Waals surface area contributed by atoms with Crippen LogP contribution in [0.25, 0.3) is 0 Å². The molecule has 5 nitrogen and oxygen atoms in total. The van der Waals surface area contributed by atoms with Gasteiger partial charge in [-0.3, -0.25) is 4.79 Å². The predicted molar refractivity (Wildman–Crippen MR) is 65.1 cm³/mol. The Morgan fingerprint density at radius 2 is 2.18 bits per heavy atom. The summed E-state index contributed by atoms with van der Waals surface area (Å²) in [5, 5.41) is 9.04. The van der Waals surface area contributed by atoms with Crippen molar-refractivity contribution in [1.29, 1.82) is 0 Å². The molecule has 1 saturated heterocycles. The van der Waals surface area contributed by atoms with Crippen LogP contribution in [-0.2, 0) is 11.8 Å². The van der Waals surface area contributed by atoms with Gasteiger partial charge in [-0.2, -0.15) is 0 Å². The second-order valence-electron chi connectivity index (χ2n) is 4.05. The highest BCUT2D eigenvalue weighted by Crippen LogP contribution is 2.23. The van der Waals surface area contributed by atoms with E-state index in [1.165, 1.54) is 16.7 Å². The van der Waals surface area contributed by atoms with Crippen molar-refractivity contribution in [2.45, 2.75) is 13.0 Å². The van der Waals surface area contributed by atoms with Crippen LogP contribution >= 0.6 is 11.8 Å². The molecule has 0 aromatic carbocycles. The summed E-state index contributed by atoms with van der Waals surface area (Å²) in [4.78, 5) is 24.7. The minimum atomic E-state index is -0.936. The third kappa shape index (κ3) is 2.04. The van der Waals surface area contributed by atoms with E-state index in [2.05, 4.69) is 0 Å². The number of hydrogen-bond donors (Lipinski definition) is 1. The molecule has 6 heteroatoms. The number of thioether (sulfide) groups is 1. The second kappa shape index (κ2) is 4.44. The minimum Gasteiger partial charge on any atom is -0.480 e. The summed E-state index contributed by atoms with van der Waals surface area (Å²) < 4.78 is 1.78. The molecule has 0 aliphatic carbocycles. The molecule has 1 fully saturated rings. The highest BCUT2D eigenvalue weighted by Gasteiger charge is 2.35.